The van der Waals surface area contributed by atoms with Gasteiger partial charge in [0.05, 0.1) is 17.9 Å². The Morgan fingerprint density at radius 3 is 2.54 bits per heavy atom. The van der Waals surface area contributed by atoms with E-state index in [2.05, 4.69) is 43.3 Å². The van der Waals surface area contributed by atoms with Crippen molar-refractivity contribution < 1.29 is 14.3 Å². The number of aromatic nitrogens is 2. The van der Waals surface area contributed by atoms with Crippen LogP contribution in [0.25, 0.3) is 11.1 Å². The predicted octanol–water partition coefficient (Wildman–Crippen LogP) is 6.13. The Morgan fingerprint density at radius 2 is 1.92 bits per heavy atom. The van der Waals surface area contributed by atoms with E-state index < -0.39 is 5.60 Å². The van der Waals surface area contributed by atoms with Gasteiger partial charge < -0.3 is 15.0 Å². The smallest absolute Gasteiger partial charge is 0.224 e. The Hall–Kier alpha value is -2.64. The maximum atomic E-state index is 14.5. The zero-order chi connectivity index (χ0) is 27.2. The van der Waals surface area contributed by atoms with Crippen LogP contribution in [0.1, 0.15) is 70.2 Å². The van der Waals surface area contributed by atoms with Crippen LogP contribution in [-0.2, 0) is 29.9 Å². The molecule has 5 nitrogen and oxygen atoms in total. The van der Waals surface area contributed by atoms with Gasteiger partial charge in [-0.1, -0.05) is 57.2 Å². The molecule has 0 spiro atoms. The first-order valence-corrected chi connectivity index (χ1v) is 13.7. The number of imidazole rings is 1. The quantitative estimate of drug-likeness (QED) is 0.249. The molecule has 0 aliphatic rings. The van der Waals surface area contributed by atoms with Crippen molar-refractivity contribution in [1.29, 1.82) is 0 Å². The van der Waals surface area contributed by atoms with Gasteiger partial charge in [-0.15, -0.1) is 0 Å². The molecule has 2 aromatic carbocycles. The summed E-state index contributed by atoms with van der Waals surface area (Å²) in [4.78, 5) is 17.8. The molecule has 0 unspecified atom stereocenters. The molecule has 0 aliphatic carbocycles. The molecule has 200 valence electrons. The van der Waals surface area contributed by atoms with Crippen LogP contribution in [0.5, 0.6) is 0 Å². The fourth-order valence-corrected chi connectivity index (χ4v) is 4.99. The average molecular weight is 526 g/mol. The number of aliphatic hydroxyl groups is 1. The van der Waals surface area contributed by atoms with Crippen LogP contribution in [0, 0.1) is 17.7 Å². The van der Waals surface area contributed by atoms with E-state index in [9.17, 15) is 14.3 Å². The van der Waals surface area contributed by atoms with Gasteiger partial charge in [0.1, 0.15) is 17.2 Å². The third-order valence-electron chi connectivity index (χ3n) is 6.43. The normalized spacial score (nSPS) is 12.7. The van der Waals surface area contributed by atoms with E-state index in [1.54, 1.807) is 26.0 Å². The van der Waals surface area contributed by atoms with E-state index in [1.807, 2.05) is 30.3 Å². The van der Waals surface area contributed by atoms with Gasteiger partial charge in [-0.2, -0.15) is 12.6 Å². The van der Waals surface area contributed by atoms with Crippen LogP contribution < -0.4 is 5.32 Å². The lowest BCUT2D eigenvalue weighted by atomic mass is 9.98. The molecule has 37 heavy (non-hydrogen) atoms. The number of carbonyl (C=O) groups excluding carboxylic acids is 1. The van der Waals surface area contributed by atoms with Crippen molar-refractivity contribution in [2.75, 3.05) is 5.75 Å². The van der Waals surface area contributed by atoms with Crippen molar-refractivity contribution in [3.63, 3.8) is 0 Å². The molecule has 0 saturated heterocycles. The number of rotatable bonds is 12. The first-order valence-electron chi connectivity index (χ1n) is 13.1. The second kappa shape index (κ2) is 12.7. The van der Waals surface area contributed by atoms with Crippen molar-refractivity contribution >= 4 is 18.5 Å². The molecule has 1 amide bonds. The first-order chi connectivity index (χ1) is 17.5. The summed E-state index contributed by atoms with van der Waals surface area (Å²) >= 11 is 4.40. The summed E-state index contributed by atoms with van der Waals surface area (Å²) in [6.07, 6.45) is 2.38. The van der Waals surface area contributed by atoms with Gasteiger partial charge >= 0.3 is 0 Å². The number of carbonyl (C=O) groups is 1. The molecule has 0 radical (unpaired) electrons. The summed E-state index contributed by atoms with van der Waals surface area (Å²) < 4.78 is 16.6. The molecule has 2 N–H and O–H groups in total. The lowest BCUT2D eigenvalue weighted by molar-refractivity contribution is -0.125. The summed E-state index contributed by atoms with van der Waals surface area (Å²) in [6.45, 7) is 10.5. The highest BCUT2D eigenvalue weighted by molar-refractivity contribution is 7.80. The summed E-state index contributed by atoms with van der Waals surface area (Å²) in [5.41, 5.74) is 2.50. The highest BCUT2D eigenvalue weighted by Gasteiger charge is 2.29. The number of aryl methyl sites for hydroxylation is 1. The van der Waals surface area contributed by atoms with Crippen LogP contribution in [0.15, 0.2) is 48.5 Å². The maximum Gasteiger partial charge on any atom is 0.224 e. The van der Waals surface area contributed by atoms with E-state index in [0.29, 0.717) is 29.5 Å². The largest absolute Gasteiger partial charge is 0.384 e. The number of halogens is 1. The van der Waals surface area contributed by atoms with Crippen LogP contribution >= 0.6 is 12.6 Å². The Morgan fingerprint density at radius 1 is 1.19 bits per heavy atom. The van der Waals surface area contributed by atoms with Gasteiger partial charge in [-0.05, 0) is 55.9 Å². The molecule has 1 heterocycles. The summed E-state index contributed by atoms with van der Waals surface area (Å²) in [5, 5.41) is 14.0. The Bertz CT molecular complexity index is 1200. The van der Waals surface area contributed by atoms with E-state index in [-0.39, 0.29) is 24.2 Å². The van der Waals surface area contributed by atoms with Crippen molar-refractivity contribution in [3.05, 3.63) is 77.1 Å². The zero-order valence-corrected chi connectivity index (χ0v) is 23.5. The van der Waals surface area contributed by atoms with Gasteiger partial charge in [-0.25, -0.2) is 9.37 Å². The third kappa shape index (κ3) is 7.45. The number of hydrogen-bond acceptors (Lipinski definition) is 4. The molecule has 3 aromatic rings. The maximum absolute atomic E-state index is 14.5. The van der Waals surface area contributed by atoms with E-state index in [4.69, 9.17) is 4.98 Å². The Labute approximate surface area is 225 Å². The minimum Gasteiger partial charge on any atom is -0.384 e. The van der Waals surface area contributed by atoms with Crippen LogP contribution in [0.4, 0.5) is 4.39 Å². The average Bonchev–Trinajstić information content (AvgIpc) is 3.19. The second-order valence-corrected chi connectivity index (χ2v) is 11.0. The Kier molecular flexibility index (Phi) is 9.96. The van der Waals surface area contributed by atoms with Gasteiger partial charge in [-0.3, -0.25) is 4.79 Å². The summed E-state index contributed by atoms with van der Waals surface area (Å²) in [5.74, 6) is 1.23. The zero-order valence-electron chi connectivity index (χ0n) is 22.6. The molecule has 0 fully saturated rings. The fraction of sp³-hybridized carbons (Fsp3) is 0.467. The number of thiol groups is 1. The van der Waals surface area contributed by atoms with Crippen molar-refractivity contribution in [2.24, 2.45) is 11.8 Å². The molecule has 0 aliphatic heterocycles. The van der Waals surface area contributed by atoms with Crippen molar-refractivity contribution in [2.45, 2.75) is 72.6 Å². The highest BCUT2D eigenvalue weighted by atomic mass is 32.1. The summed E-state index contributed by atoms with van der Waals surface area (Å²) in [7, 11) is 0. The molecular weight excluding hydrogens is 485 g/mol. The molecule has 0 saturated carbocycles. The van der Waals surface area contributed by atoms with Crippen LogP contribution in [-0.4, -0.2) is 26.3 Å². The van der Waals surface area contributed by atoms with Crippen LogP contribution in [0.3, 0.4) is 0 Å². The minimum atomic E-state index is -1.18. The molecule has 7 heteroatoms. The molecule has 0 bridgehead atoms. The van der Waals surface area contributed by atoms with E-state index in [1.165, 1.54) is 6.07 Å². The first kappa shape index (κ1) is 28.9. The number of nitrogens with one attached hydrogen (secondary N) is 1. The van der Waals surface area contributed by atoms with Gasteiger partial charge in [0, 0.05) is 30.2 Å². The Balaban J connectivity index is 1.99. The van der Waals surface area contributed by atoms with Gasteiger partial charge in [0.15, 0.2) is 0 Å². The number of benzene rings is 2. The lowest BCUT2D eigenvalue weighted by Crippen LogP contribution is -2.34. The van der Waals surface area contributed by atoms with Crippen molar-refractivity contribution in [1.82, 2.24) is 14.9 Å². The predicted molar refractivity (Wildman–Crippen MR) is 151 cm³/mol. The highest BCUT2D eigenvalue weighted by Crippen LogP contribution is 2.28. The second-order valence-electron chi connectivity index (χ2n) is 10.6. The van der Waals surface area contributed by atoms with Crippen molar-refractivity contribution in [3.8, 4) is 11.1 Å². The SMILES string of the molecule is CCCc1nc(C(C)(C)O)c(CNC(=O)[C@@H](CS)CC(C)C)n1Cc1cccc(-c2ccccc2F)c1. The number of nitrogens with zero attached hydrogens (tertiary/aromatic N) is 2. The van der Waals surface area contributed by atoms with Gasteiger partial charge in [0.25, 0.3) is 0 Å². The molecule has 1 aromatic heterocycles. The van der Waals surface area contributed by atoms with E-state index >= 15 is 0 Å². The van der Waals surface area contributed by atoms with Crippen LogP contribution in [0.2, 0.25) is 0 Å². The minimum absolute atomic E-state index is 0.0447. The van der Waals surface area contributed by atoms with Gasteiger partial charge in [0.2, 0.25) is 5.91 Å². The number of hydrogen-bond donors (Lipinski definition) is 3. The van der Waals surface area contributed by atoms with E-state index in [0.717, 1.165) is 41.9 Å². The fourth-order valence-electron chi connectivity index (χ4n) is 4.67. The topological polar surface area (TPSA) is 67.2 Å². The number of amides is 1. The summed E-state index contributed by atoms with van der Waals surface area (Å²) in [6, 6.07) is 14.6. The lowest BCUT2D eigenvalue weighted by Gasteiger charge is -2.21. The molecular formula is C30H40FN3O2S. The molecule has 1 atom stereocenters. The standard InChI is InChI=1S/C30H40FN3O2S/c1-6-10-27-33-28(30(4,5)36)26(17-32-29(35)23(19-37)15-20(2)3)34(27)18-21-11-9-12-22(16-21)24-13-7-8-14-25(24)31/h7-9,11-14,16,20,23,36-37H,6,10,15,17-19H2,1-5H3,(H,32,35)/t23-/m1/s1. The molecule has 3 rings (SSSR count). The third-order valence-corrected chi connectivity index (χ3v) is 6.88. The monoisotopic (exact) mass is 525 g/mol.